The maximum atomic E-state index is 13.2. The molecule has 1 heterocycles. The normalized spacial score (nSPS) is 20.5. The van der Waals surface area contributed by atoms with Crippen LogP contribution in [0, 0.1) is 5.92 Å². The summed E-state index contributed by atoms with van der Waals surface area (Å²) in [6.07, 6.45) is 10.4. The number of carbonyl (C=O) groups is 1. The van der Waals surface area contributed by atoms with E-state index >= 15 is 0 Å². The lowest BCUT2D eigenvalue weighted by molar-refractivity contribution is -0.122. The molecule has 24 heavy (non-hydrogen) atoms. The Morgan fingerprint density at radius 2 is 2.04 bits per heavy atom. The molecule has 1 atom stereocenters. The number of benzene rings is 1. The van der Waals surface area contributed by atoms with Gasteiger partial charge in [-0.1, -0.05) is 31.2 Å². The van der Waals surface area contributed by atoms with Gasteiger partial charge in [-0.2, -0.15) is 0 Å². The minimum atomic E-state index is 0.103. The van der Waals surface area contributed by atoms with Gasteiger partial charge in [-0.3, -0.25) is 9.69 Å². The first-order valence-electron chi connectivity index (χ1n) is 9.20. The number of rotatable bonds is 6. The van der Waals surface area contributed by atoms with E-state index in [0.29, 0.717) is 0 Å². The molecular formula is C21H28N2O. The lowest BCUT2D eigenvalue weighted by atomic mass is 9.85. The highest BCUT2D eigenvalue weighted by molar-refractivity contribution is 5.99. The maximum absolute atomic E-state index is 13.2. The first-order valence-corrected chi connectivity index (χ1v) is 9.20. The molecule has 0 fully saturated rings. The van der Waals surface area contributed by atoms with Gasteiger partial charge in [0.15, 0.2) is 0 Å². The zero-order valence-corrected chi connectivity index (χ0v) is 14.8. The van der Waals surface area contributed by atoms with Crippen molar-refractivity contribution in [2.24, 2.45) is 5.92 Å². The van der Waals surface area contributed by atoms with Crippen molar-refractivity contribution in [3.63, 3.8) is 0 Å². The molecule has 128 valence electrons. The SMILES string of the molecule is CCc1ccc(N2C(=O)C(CCCNC)CC3=C2CCC=C3)cc1. The van der Waals surface area contributed by atoms with E-state index in [4.69, 9.17) is 0 Å². The molecule has 3 heteroatoms. The summed E-state index contributed by atoms with van der Waals surface area (Å²) in [7, 11) is 1.97. The van der Waals surface area contributed by atoms with E-state index < -0.39 is 0 Å². The van der Waals surface area contributed by atoms with Crippen molar-refractivity contribution in [3.05, 3.63) is 53.3 Å². The van der Waals surface area contributed by atoms with Gasteiger partial charge >= 0.3 is 0 Å². The number of nitrogens with zero attached hydrogens (tertiary/aromatic N) is 1. The number of amides is 1. The van der Waals surface area contributed by atoms with Crippen molar-refractivity contribution in [1.29, 1.82) is 0 Å². The monoisotopic (exact) mass is 324 g/mol. The summed E-state index contributed by atoms with van der Waals surface area (Å²) >= 11 is 0. The lowest BCUT2D eigenvalue weighted by Crippen LogP contribution is -2.41. The number of anilines is 1. The Hall–Kier alpha value is -1.87. The number of nitrogens with one attached hydrogen (secondary N) is 1. The topological polar surface area (TPSA) is 32.3 Å². The molecule has 0 radical (unpaired) electrons. The molecule has 0 saturated carbocycles. The van der Waals surface area contributed by atoms with Gasteiger partial charge in [0.2, 0.25) is 5.91 Å². The fourth-order valence-electron chi connectivity index (χ4n) is 3.73. The molecular weight excluding hydrogens is 296 g/mol. The van der Waals surface area contributed by atoms with Gasteiger partial charge in [0.05, 0.1) is 0 Å². The molecule has 1 N–H and O–H groups in total. The van der Waals surface area contributed by atoms with E-state index in [1.54, 1.807) is 0 Å². The average Bonchev–Trinajstić information content (AvgIpc) is 2.62. The van der Waals surface area contributed by atoms with Gasteiger partial charge in [0, 0.05) is 17.3 Å². The molecule has 3 nitrogen and oxygen atoms in total. The summed E-state index contributed by atoms with van der Waals surface area (Å²) in [5.74, 6) is 0.384. The summed E-state index contributed by atoms with van der Waals surface area (Å²) < 4.78 is 0. The third-order valence-corrected chi connectivity index (χ3v) is 5.13. The molecule has 0 bridgehead atoms. The number of allylic oxidation sites excluding steroid dienone is 4. The smallest absolute Gasteiger partial charge is 0.234 e. The third kappa shape index (κ3) is 3.46. The number of aryl methyl sites for hydroxylation is 1. The van der Waals surface area contributed by atoms with E-state index in [-0.39, 0.29) is 11.8 Å². The van der Waals surface area contributed by atoms with E-state index in [0.717, 1.165) is 50.8 Å². The molecule has 0 saturated heterocycles. The van der Waals surface area contributed by atoms with Crippen LogP contribution in [0.5, 0.6) is 0 Å². The third-order valence-electron chi connectivity index (χ3n) is 5.13. The van der Waals surface area contributed by atoms with Crippen LogP contribution in [0.2, 0.25) is 0 Å². The second-order valence-corrected chi connectivity index (χ2v) is 6.75. The number of hydrogen-bond acceptors (Lipinski definition) is 2. The minimum Gasteiger partial charge on any atom is -0.320 e. The Labute approximate surface area is 145 Å². The molecule has 1 aromatic carbocycles. The molecule has 0 spiro atoms. The van der Waals surface area contributed by atoms with Crippen LogP contribution in [0.15, 0.2) is 47.7 Å². The van der Waals surface area contributed by atoms with Gasteiger partial charge in [-0.15, -0.1) is 0 Å². The van der Waals surface area contributed by atoms with Crippen molar-refractivity contribution < 1.29 is 4.79 Å². The first-order chi connectivity index (χ1) is 11.7. The van der Waals surface area contributed by atoms with Crippen LogP contribution in [-0.2, 0) is 11.2 Å². The molecule has 1 aliphatic carbocycles. The van der Waals surface area contributed by atoms with Crippen LogP contribution in [0.3, 0.4) is 0 Å². The largest absolute Gasteiger partial charge is 0.320 e. The van der Waals surface area contributed by atoms with Crippen molar-refractivity contribution in [1.82, 2.24) is 5.32 Å². The van der Waals surface area contributed by atoms with Gasteiger partial charge in [0.1, 0.15) is 0 Å². The summed E-state index contributed by atoms with van der Waals surface area (Å²) in [4.78, 5) is 15.2. The van der Waals surface area contributed by atoms with Gasteiger partial charge in [-0.25, -0.2) is 0 Å². The van der Waals surface area contributed by atoms with E-state index in [9.17, 15) is 4.79 Å². The summed E-state index contributed by atoms with van der Waals surface area (Å²) in [6.45, 7) is 3.13. The second-order valence-electron chi connectivity index (χ2n) is 6.75. The van der Waals surface area contributed by atoms with Crippen LogP contribution in [0.1, 0.15) is 44.6 Å². The fourth-order valence-corrected chi connectivity index (χ4v) is 3.73. The molecule has 1 amide bonds. The van der Waals surface area contributed by atoms with Crippen molar-refractivity contribution in [2.45, 2.75) is 45.4 Å². The van der Waals surface area contributed by atoms with Crippen LogP contribution < -0.4 is 10.2 Å². The van der Waals surface area contributed by atoms with Crippen LogP contribution in [0.25, 0.3) is 0 Å². The summed E-state index contributed by atoms with van der Waals surface area (Å²) in [5, 5.41) is 3.18. The van der Waals surface area contributed by atoms with Crippen LogP contribution >= 0.6 is 0 Å². The zero-order chi connectivity index (χ0) is 16.9. The van der Waals surface area contributed by atoms with Gasteiger partial charge < -0.3 is 5.32 Å². The Morgan fingerprint density at radius 3 is 2.75 bits per heavy atom. The van der Waals surface area contributed by atoms with E-state index in [2.05, 4.69) is 48.7 Å². The van der Waals surface area contributed by atoms with Gasteiger partial charge in [-0.05, 0) is 75.4 Å². The highest BCUT2D eigenvalue weighted by Gasteiger charge is 2.34. The second kappa shape index (κ2) is 7.80. The Balaban J connectivity index is 1.90. The van der Waals surface area contributed by atoms with Crippen molar-refractivity contribution in [2.75, 3.05) is 18.5 Å². The highest BCUT2D eigenvalue weighted by Crippen LogP contribution is 2.38. The Bertz CT molecular complexity index is 642. The van der Waals surface area contributed by atoms with Crippen LogP contribution in [0.4, 0.5) is 5.69 Å². The molecule has 1 aromatic rings. The summed E-state index contributed by atoms with van der Waals surface area (Å²) in [5.41, 5.74) is 4.91. The minimum absolute atomic E-state index is 0.103. The fraction of sp³-hybridized carbons (Fsp3) is 0.476. The van der Waals surface area contributed by atoms with Crippen molar-refractivity contribution in [3.8, 4) is 0 Å². The van der Waals surface area contributed by atoms with Gasteiger partial charge in [0.25, 0.3) is 0 Å². The molecule has 1 unspecified atom stereocenters. The molecule has 3 rings (SSSR count). The Kier molecular flexibility index (Phi) is 5.52. The molecule has 2 aliphatic rings. The Morgan fingerprint density at radius 1 is 1.25 bits per heavy atom. The standard InChI is InChI=1S/C21H28N2O/c1-3-16-10-12-19(13-11-16)23-20-9-5-4-7-17(20)15-18(21(23)24)8-6-14-22-2/h4,7,10-13,18,22H,3,5-6,8-9,14-15H2,1-2H3. The zero-order valence-electron chi connectivity index (χ0n) is 14.8. The molecule has 0 aromatic heterocycles. The predicted molar refractivity (Wildman–Crippen MR) is 100.0 cm³/mol. The first kappa shape index (κ1) is 17.0. The quantitative estimate of drug-likeness (QED) is 0.795. The van der Waals surface area contributed by atoms with Crippen molar-refractivity contribution >= 4 is 11.6 Å². The lowest BCUT2D eigenvalue weighted by Gasteiger charge is -2.37. The number of hydrogen-bond donors (Lipinski definition) is 1. The van der Waals surface area contributed by atoms with E-state index in [1.165, 1.54) is 16.8 Å². The van der Waals surface area contributed by atoms with Crippen LogP contribution in [-0.4, -0.2) is 19.5 Å². The summed E-state index contributed by atoms with van der Waals surface area (Å²) in [6, 6.07) is 8.50. The molecule has 1 aliphatic heterocycles. The predicted octanol–water partition coefficient (Wildman–Crippen LogP) is 4.21. The number of carbonyl (C=O) groups excluding carboxylic acids is 1. The van der Waals surface area contributed by atoms with E-state index in [1.807, 2.05) is 11.9 Å². The maximum Gasteiger partial charge on any atom is 0.234 e. The highest BCUT2D eigenvalue weighted by atomic mass is 16.2. The average molecular weight is 324 g/mol.